The van der Waals surface area contributed by atoms with Gasteiger partial charge < -0.3 is 25.4 Å². The van der Waals surface area contributed by atoms with Crippen LogP contribution in [0.15, 0.2) is 48.5 Å². The van der Waals surface area contributed by atoms with Crippen LogP contribution < -0.4 is 15.4 Å². The highest BCUT2D eigenvalue weighted by Gasteiger charge is 2.55. The van der Waals surface area contributed by atoms with Gasteiger partial charge in [-0.25, -0.2) is 0 Å². The highest BCUT2D eigenvalue weighted by Crippen LogP contribution is 2.36. The molecule has 3 fully saturated rings. The highest BCUT2D eigenvalue weighted by molar-refractivity contribution is 6.00. The Morgan fingerprint density at radius 3 is 2.27 bits per heavy atom. The van der Waals surface area contributed by atoms with Crippen molar-refractivity contribution in [3.8, 4) is 5.75 Å². The van der Waals surface area contributed by atoms with Crippen molar-refractivity contribution in [1.29, 1.82) is 0 Å². The summed E-state index contributed by atoms with van der Waals surface area (Å²) in [5, 5.41) is 17.1. The van der Waals surface area contributed by atoms with Gasteiger partial charge in [0.05, 0.1) is 13.2 Å². The van der Waals surface area contributed by atoms with Crippen LogP contribution in [0.4, 0.5) is 0 Å². The predicted octanol–water partition coefficient (Wildman–Crippen LogP) is 4.06. The van der Waals surface area contributed by atoms with Crippen molar-refractivity contribution in [2.24, 2.45) is 5.92 Å². The van der Waals surface area contributed by atoms with Gasteiger partial charge in [-0.15, -0.1) is 12.4 Å². The molecule has 3 aliphatic rings. The summed E-state index contributed by atoms with van der Waals surface area (Å²) >= 11 is 0. The predicted molar refractivity (Wildman–Crippen MR) is 172 cm³/mol. The zero-order valence-corrected chi connectivity index (χ0v) is 26.7. The average Bonchev–Trinajstić information content (AvgIpc) is 3.05. The molecule has 1 aliphatic carbocycles. The van der Waals surface area contributed by atoms with Gasteiger partial charge in [0.2, 0.25) is 11.8 Å². The monoisotopic (exact) mass is 626 g/mol. The van der Waals surface area contributed by atoms with Gasteiger partial charge in [0, 0.05) is 38.3 Å². The Morgan fingerprint density at radius 2 is 1.66 bits per heavy atom. The number of aliphatic hydroxyl groups is 1. The summed E-state index contributed by atoms with van der Waals surface area (Å²) in [7, 11) is 1.63. The average molecular weight is 627 g/mol. The Morgan fingerprint density at radius 1 is 1.02 bits per heavy atom. The van der Waals surface area contributed by atoms with E-state index < -0.39 is 17.7 Å². The maximum Gasteiger partial charge on any atom is 0.251 e. The molecule has 2 aromatic carbocycles. The maximum atomic E-state index is 13.7. The molecule has 3 N–H and O–H groups in total. The van der Waals surface area contributed by atoms with Crippen LogP contribution in [0.5, 0.6) is 5.75 Å². The fraction of sp³-hybridized carbons (Fsp3) is 0.559. The Hall–Kier alpha value is -3.14. The molecule has 2 aliphatic heterocycles. The molecule has 9 nitrogen and oxygen atoms in total. The van der Waals surface area contributed by atoms with E-state index in [9.17, 15) is 19.5 Å². The minimum absolute atomic E-state index is 0. The highest BCUT2D eigenvalue weighted by atomic mass is 35.5. The molecule has 0 radical (unpaired) electrons. The van der Waals surface area contributed by atoms with Crippen molar-refractivity contribution >= 4 is 30.1 Å². The van der Waals surface area contributed by atoms with Crippen LogP contribution in [0.3, 0.4) is 0 Å². The lowest BCUT2D eigenvalue weighted by Crippen LogP contribution is -2.75. The number of aliphatic hydroxyl groups excluding tert-OH is 1. The molecule has 3 amide bonds. The standard InChI is InChI=1S/C34H46N4O5.ClH/c1-3-19-38-32(41)29(30(39)26-7-5-4-6-8-26)36-33(42)34(38)17-20-37(21-18-34)23-25-9-13-27(14-10-25)31(40)35-22-24-11-15-28(43-2)16-12-24;/h9-16,26,29-30,39H,3-8,17-23H2,1-2H3,(H,35,40)(H,36,42);1H/t29-,30-;/m1./s1. The smallest absolute Gasteiger partial charge is 0.251 e. The van der Waals surface area contributed by atoms with Gasteiger partial charge in [0.25, 0.3) is 5.91 Å². The van der Waals surface area contributed by atoms with Crippen LogP contribution in [0, 0.1) is 5.92 Å². The molecule has 240 valence electrons. The molecular formula is C34H47ClN4O5. The minimum Gasteiger partial charge on any atom is -0.497 e. The second-order valence-electron chi connectivity index (χ2n) is 12.4. The molecule has 5 rings (SSSR count). The lowest BCUT2D eigenvalue weighted by molar-refractivity contribution is -0.165. The molecule has 44 heavy (non-hydrogen) atoms. The number of benzene rings is 2. The first-order valence-electron chi connectivity index (χ1n) is 15.9. The van der Waals surface area contributed by atoms with Crippen LogP contribution in [0.2, 0.25) is 0 Å². The minimum atomic E-state index is -0.863. The number of likely N-dealkylation sites (tertiary alicyclic amines) is 1. The number of carbonyl (C=O) groups is 3. The zero-order chi connectivity index (χ0) is 30.4. The fourth-order valence-corrected chi connectivity index (χ4v) is 6.99. The summed E-state index contributed by atoms with van der Waals surface area (Å²) < 4.78 is 5.18. The fourth-order valence-electron chi connectivity index (χ4n) is 6.99. The zero-order valence-electron chi connectivity index (χ0n) is 25.9. The number of methoxy groups -OCH3 is 1. The molecule has 2 aromatic rings. The lowest BCUT2D eigenvalue weighted by Gasteiger charge is -2.52. The number of hydrogen-bond donors (Lipinski definition) is 3. The molecule has 0 aromatic heterocycles. The van der Waals surface area contributed by atoms with Crippen molar-refractivity contribution in [3.05, 3.63) is 65.2 Å². The van der Waals surface area contributed by atoms with Gasteiger partial charge in [0.1, 0.15) is 17.3 Å². The van der Waals surface area contributed by atoms with E-state index in [0.717, 1.165) is 49.0 Å². The summed E-state index contributed by atoms with van der Waals surface area (Å²) in [6, 6.07) is 14.4. The number of piperazine rings is 1. The van der Waals surface area contributed by atoms with Crippen LogP contribution >= 0.6 is 12.4 Å². The Labute approximate surface area is 267 Å². The maximum absolute atomic E-state index is 13.7. The molecule has 1 saturated carbocycles. The van der Waals surface area contributed by atoms with Gasteiger partial charge in [-0.1, -0.05) is 50.5 Å². The number of ether oxygens (including phenoxy) is 1. The normalized spacial score (nSPS) is 21.3. The third-order valence-corrected chi connectivity index (χ3v) is 9.60. The molecule has 2 atom stereocenters. The molecule has 2 heterocycles. The van der Waals surface area contributed by atoms with E-state index in [0.29, 0.717) is 51.1 Å². The quantitative estimate of drug-likeness (QED) is 0.367. The Kier molecular flexibility index (Phi) is 11.7. The molecule has 2 saturated heterocycles. The van der Waals surface area contributed by atoms with E-state index in [-0.39, 0.29) is 36.0 Å². The van der Waals surface area contributed by atoms with Crippen molar-refractivity contribution in [3.63, 3.8) is 0 Å². The summed E-state index contributed by atoms with van der Waals surface area (Å²) in [5.41, 5.74) is 1.83. The van der Waals surface area contributed by atoms with E-state index in [4.69, 9.17) is 4.74 Å². The summed E-state index contributed by atoms with van der Waals surface area (Å²) in [6.07, 6.45) is 6.16. The van der Waals surface area contributed by atoms with E-state index in [1.54, 1.807) is 12.0 Å². The first-order chi connectivity index (χ1) is 20.8. The molecule has 0 bridgehead atoms. The first-order valence-corrected chi connectivity index (χ1v) is 15.9. The SMILES string of the molecule is CCCN1C(=O)[C@@H]([C@H](O)C2CCCCC2)NC(=O)C12CCN(Cc1ccc(C(=O)NCc3ccc(OC)cc3)cc1)CC2.Cl. The number of carbonyl (C=O) groups excluding carboxylic acids is 3. The Bertz CT molecular complexity index is 1260. The number of hydrogen-bond acceptors (Lipinski definition) is 6. The molecular weight excluding hydrogens is 580 g/mol. The van der Waals surface area contributed by atoms with Gasteiger partial charge >= 0.3 is 0 Å². The van der Waals surface area contributed by atoms with Gasteiger partial charge in [-0.2, -0.15) is 0 Å². The van der Waals surface area contributed by atoms with E-state index in [2.05, 4.69) is 15.5 Å². The van der Waals surface area contributed by atoms with E-state index >= 15 is 0 Å². The topological polar surface area (TPSA) is 111 Å². The number of nitrogens with one attached hydrogen (secondary N) is 2. The number of rotatable bonds is 10. The van der Waals surface area contributed by atoms with Gasteiger partial charge in [-0.3, -0.25) is 19.3 Å². The summed E-state index contributed by atoms with van der Waals surface area (Å²) in [5.74, 6) is 0.465. The summed E-state index contributed by atoms with van der Waals surface area (Å²) in [6.45, 7) is 5.05. The van der Waals surface area contributed by atoms with Crippen LogP contribution in [0.25, 0.3) is 0 Å². The molecule has 1 spiro atoms. The first kappa shape index (κ1) is 33.7. The van der Waals surface area contributed by atoms with E-state index in [1.807, 2.05) is 55.5 Å². The van der Waals surface area contributed by atoms with Gasteiger partial charge in [0.15, 0.2) is 0 Å². The third kappa shape index (κ3) is 7.38. The van der Waals surface area contributed by atoms with Gasteiger partial charge in [-0.05, 0) is 73.4 Å². The molecule has 0 unspecified atom stereocenters. The second kappa shape index (κ2) is 15.2. The van der Waals surface area contributed by atoms with E-state index in [1.165, 1.54) is 6.42 Å². The molecule has 10 heteroatoms. The van der Waals surface area contributed by atoms with Crippen LogP contribution in [-0.4, -0.2) is 77.1 Å². The number of nitrogens with zero attached hydrogens (tertiary/aromatic N) is 2. The van der Waals surface area contributed by atoms with Crippen molar-refractivity contribution in [1.82, 2.24) is 20.4 Å². The van der Waals surface area contributed by atoms with Crippen molar-refractivity contribution < 1.29 is 24.2 Å². The van der Waals surface area contributed by atoms with Crippen molar-refractivity contribution in [2.75, 3.05) is 26.7 Å². The number of halogens is 1. The second-order valence-corrected chi connectivity index (χ2v) is 12.4. The number of piperidine rings is 1. The lowest BCUT2D eigenvalue weighted by atomic mass is 9.78. The van der Waals surface area contributed by atoms with Crippen LogP contribution in [0.1, 0.15) is 79.8 Å². The largest absolute Gasteiger partial charge is 0.497 e. The summed E-state index contributed by atoms with van der Waals surface area (Å²) in [4.78, 5) is 44.2. The van der Waals surface area contributed by atoms with Crippen molar-refractivity contribution in [2.45, 2.75) is 89.1 Å². The Balaban J connectivity index is 0.00000442. The third-order valence-electron chi connectivity index (χ3n) is 9.60. The van der Waals surface area contributed by atoms with Crippen LogP contribution in [-0.2, 0) is 22.7 Å². The number of amides is 3.